The Labute approximate surface area is 152 Å². The minimum Gasteiger partial charge on any atom is -0.507 e. The molecule has 2 aromatic carbocycles. The first-order valence-electron chi connectivity index (χ1n) is 7.75. The number of nitrogens with one attached hydrogen (secondary N) is 2. The number of para-hydroxylation sites is 1. The number of hydrogen-bond donors (Lipinski definition) is 3. The second-order valence-corrected chi connectivity index (χ2v) is 5.89. The fraction of sp³-hybridized carbons (Fsp3) is 0.158. The Bertz CT molecular complexity index is 803. The molecular formula is C19H20ClN3O2. The van der Waals surface area contributed by atoms with Crippen LogP contribution in [0.4, 0.5) is 5.69 Å². The van der Waals surface area contributed by atoms with Gasteiger partial charge in [-0.15, -0.1) is 6.58 Å². The lowest BCUT2D eigenvalue weighted by Crippen LogP contribution is -2.26. The van der Waals surface area contributed by atoms with E-state index in [1.165, 1.54) is 6.21 Å². The van der Waals surface area contributed by atoms with Gasteiger partial charge in [0.15, 0.2) is 0 Å². The lowest BCUT2D eigenvalue weighted by atomic mass is 10.1. The van der Waals surface area contributed by atoms with E-state index < -0.39 is 0 Å². The highest BCUT2D eigenvalue weighted by Crippen LogP contribution is 2.21. The van der Waals surface area contributed by atoms with Crippen LogP contribution in [0.25, 0.3) is 0 Å². The van der Waals surface area contributed by atoms with Gasteiger partial charge in [-0.1, -0.05) is 29.8 Å². The Balaban J connectivity index is 1.90. The summed E-state index contributed by atoms with van der Waals surface area (Å²) in [6.07, 6.45) is 3.68. The predicted octanol–water partition coefficient (Wildman–Crippen LogP) is 3.64. The maximum absolute atomic E-state index is 11.8. The zero-order valence-corrected chi connectivity index (χ0v) is 14.7. The molecule has 2 rings (SSSR count). The van der Waals surface area contributed by atoms with Gasteiger partial charge in [0.05, 0.1) is 12.8 Å². The minimum atomic E-state index is -0.299. The number of halogens is 1. The highest BCUT2D eigenvalue weighted by molar-refractivity contribution is 6.30. The normalized spacial score (nSPS) is 10.6. The number of phenolic OH excluding ortho intramolecular Hbond substituents is 1. The van der Waals surface area contributed by atoms with E-state index in [0.717, 1.165) is 16.8 Å². The number of aryl methyl sites for hydroxylation is 1. The Hall–Kier alpha value is -2.79. The highest BCUT2D eigenvalue weighted by Gasteiger charge is 2.05. The summed E-state index contributed by atoms with van der Waals surface area (Å²) in [6.45, 7) is 5.63. The Morgan fingerprint density at radius 2 is 2.16 bits per heavy atom. The molecule has 5 nitrogen and oxygen atoms in total. The molecule has 0 aliphatic rings. The van der Waals surface area contributed by atoms with Crippen LogP contribution in [0.15, 0.2) is 54.2 Å². The summed E-state index contributed by atoms with van der Waals surface area (Å²) in [6, 6.07) is 10.7. The van der Waals surface area contributed by atoms with E-state index in [1.807, 2.05) is 31.2 Å². The molecule has 0 fully saturated rings. The number of phenols is 1. The number of amides is 1. The lowest BCUT2D eigenvalue weighted by molar-refractivity contribution is -0.119. The standard InChI is InChI=1S/C19H20ClN3O2/c1-3-5-14-6-4-7-15(19(14)25)11-22-23-18(24)12-21-17-9-8-16(20)10-13(17)2/h3-4,6-11,21,25H,1,5,12H2,2H3,(H,23,24)/b22-11-. The van der Waals surface area contributed by atoms with E-state index >= 15 is 0 Å². The second kappa shape index (κ2) is 8.89. The van der Waals surface area contributed by atoms with Crippen LogP contribution in [0.2, 0.25) is 5.02 Å². The summed E-state index contributed by atoms with van der Waals surface area (Å²) in [7, 11) is 0. The maximum atomic E-state index is 11.8. The second-order valence-electron chi connectivity index (χ2n) is 5.45. The summed E-state index contributed by atoms with van der Waals surface area (Å²) in [5, 5.41) is 17.7. The third kappa shape index (κ3) is 5.36. The number of anilines is 1. The van der Waals surface area contributed by atoms with E-state index in [-0.39, 0.29) is 18.2 Å². The zero-order chi connectivity index (χ0) is 18.2. The van der Waals surface area contributed by atoms with Crippen LogP contribution in [0.1, 0.15) is 16.7 Å². The first-order chi connectivity index (χ1) is 12.0. The van der Waals surface area contributed by atoms with Crippen LogP contribution < -0.4 is 10.7 Å². The summed E-state index contributed by atoms with van der Waals surface area (Å²) in [5.74, 6) is -0.164. The fourth-order valence-corrected chi connectivity index (χ4v) is 2.48. The van der Waals surface area contributed by atoms with Crippen molar-refractivity contribution in [3.05, 3.63) is 70.8 Å². The molecule has 3 N–H and O–H groups in total. The van der Waals surface area contributed by atoms with Gasteiger partial charge in [0, 0.05) is 16.3 Å². The van der Waals surface area contributed by atoms with Gasteiger partial charge in [-0.25, -0.2) is 5.43 Å². The molecule has 6 heteroatoms. The molecule has 2 aromatic rings. The number of hydrazone groups is 1. The molecule has 0 heterocycles. The number of carbonyl (C=O) groups is 1. The molecule has 0 aliphatic carbocycles. The van der Waals surface area contributed by atoms with Crippen molar-refractivity contribution >= 4 is 29.4 Å². The first kappa shape index (κ1) is 18.5. The Morgan fingerprint density at radius 1 is 1.36 bits per heavy atom. The van der Waals surface area contributed by atoms with E-state index in [4.69, 9.17) is 11.6 Å². The van der Waals surface area contributed by atoms with Gasteiger partial charge in [-0.2, -0.15) is 5.10 Å². The molecule has 0 aliphatic heterocycles. The van der Waals surface area contributed by atoms with Gasteiger partial charge in [0.2, 0.25) is 0 Å². The van der Waals surface area contributed by atoms with Crippen molar-refractivity contribution in [2.75, 3.05) is 11.9 Å². The third-order valence-corrected chi connectivity index (χ3v) is 3.77. The summed E-state index contributed by atoms with van der Waals surface area (Å²) in [4.78, 5) is 11.8. The number of rotatable bonds is 7. The minimum absolute atomic E-state index is 0.0717. The molecule has 0 spiro atoms. The predicted molar refractivity (Wildman–Crippen MR) is 102 cm³/mol. The first-order valence-corrected chi connectivity index (χ1v) is 8.12. The number of allylic oxidation sites excluding steroid dienone is 1. The van der Waals surface area contributed by atoms with Crippen molar-refractivity contribution in [3.63, 3.8) is 0 Å². The zero-order valence-electron chi connectivity index (χ0n) is 13.9. The highest BCUT2D eigenvalue weighted by atomic mass is 35.5. The number of benzene rings is 2. The largest absolute Gasteiger partial charge is 0.507 e. The quantitative estimate of drug-likeness (QED) is 0.402. The summed E-state index contributed by atoms with van der Waals surface area (Å²) < 4.78 is 0. The van der Waals surface area contributed by atoms with Crippen LogP contribution in [0, 0.1) is 6.92 Å². The SMILES string of the molecule is C=CCc1cccc(/C=N\NC(=O)CNc2ccc(Cl)cc2C)c1O. The lowest BCUT2D eigenvalue weighted by Gasteiger charge is -2.09. The molecule has 0 aromatic heterocycles. The fourth-order valence-electron chi connectivity index (χ4n) is 2.25. The monoisotopic (exact) mass is 357 g/mol. The van der Waals surface area contributed by atoms with Crippen molar-refractivity contribution < 1.29 is 9.90 Å². The van der Waals surface area contributed by atoms with Gasteiger partial charge in [0.25, 0.3) is 5.91 Å². The van der Waals surface area contributed by atoms with Gasteiger partial charge < -0.3 is 10.4 Å². The van der Waals surface area contributed by atoms with Crippen LogP contribution >= 0.6 is 11.6 Å². The molecular weight excluding hydrogens is 338 g/mol. The van der Waals surface area contributed by atoms with E-state index in [2.05, 4.69) is 22.4 Å². The van der Waals surface area contributed by atoms with Crippen molar-refractivity contribution in [1.29, 1.82) is 0 Å². The molecule has 0 unspecified atom stereocenters. The topological polar surface area (TPSA) is 73.7 Å². The van der Waals surface area contributed by atoms with Crippen molar-refractivity contribution in [3.8, 4) is 5.75 Å². The van der Waals surface area contributed by atoms with E-state index in [0.29, 0.717) is 17.0 Å². The number of hydrogen-bond acceptors (Lipinski definition) is 4. The third-order valence-electron chi connectivity index (χ3n) is 3.54. The number of carbonyl (C=O) groups excluding carboxylic acids is 1. The Morgan fingerprint density at radius 3 is 2.88 bits per heavy atom. The number of nitrogens with zero attached hydrogens (tertiary/aromatic N) is 1. The molecule has 0 saturated heterocycles. The molecule has 0 radical (unpaired) electrons. The van der Waals surface area contributed by atoms with E-state index in [9.17, 15) is 9.90 Å². The molecule has 130 valence electrons. The van der Waals surface area contributed by atoms with Crippen LogP contribution in [0.5, 0.6) is 5.75 Å². The van der Waals surface area contributed by atoms with Crippen LogP contribution in [-0.2, 0) is 11.2 Å². The van der Waals surface area contributed by atoms with Crippen molar-refractivity contribution in [1.82, 2.24) is 5.43 Å². The average Bonchev–Trinajstić information content (AvgIpc) is 2.57. The van der Waals surface area contributed by atoms with Crippen molar-refractivity contribution in [2.45, 2.75) is 13.3 Å². The van der Waals surface area contributed by atoms with E-state index in [1.54, 1.807) is 18.2 Å². The molecule has 0 bridgehead atoms. The average molecular weight is 358 g/mol. The van der Waals surface area contributed by atoms with Crippen LogP contribution in [-0.4, -0.2) is 23.8 Å². The molecule has 25 heavy (non-hydrogen) atoms. The van der Waals surface area contributed by atoms with Crippen molar-refractivity contribution in [2.24, 2.45) is 5.10 Å². The smallest absolute Gasteiger partial charge is 0.259 e. The number of aromatic hydroxyl groups is 1. The Kier molecular flexibility index (Phi) is 6.60. The van der Waals surface area contributed by atoms with Gasteiger partial charge in [-0.05, 0) is 48.7 Å². The van der Waals surface area contributed by atoms with Gasteiger partial charge >= 0.3 is 0 Å². The molecule has 1 amide bonds. The van der Waals surface area contributed by atoms with Gasteiger partial charge in [-0.3, -0.25) is 4.79 Å². The maximum Gasteiger partial charge on any atom is 0.259 e. The summed E-state index contributed by atoms with van der Waals surface area (Å²) in [5.41, 5.74) is 5.49. The molecule has 0 atom stereocenters. The molecule has 0 saturated carbocycles. The van der Waals surface area contributed by atoms with Gasteiger partial charge in [0.1, 0.15) is 5.75 Å². The summed E-state index contributed by atoms with van der Waals surface area (Å²) >= 11 is 5.90. The van der Waals surface area contributed by atoms with Crippen LogP contribution in [0.3, 0.4) is 0 Å².